The summed E-state index contributed by atoms with van der Waals surface area (Å²) in [6, 6.07) is 8.28. The molecule has 2 amide bonds. The number of aromatic nitrogens is 2. The van der Waals surface area contributed by atoms with Crippen molar-refractivity contribution in [1.29, 1.82) is 0 Å². The molecule has 2 heterocycles. The van der Waals surface area contributed by atoms with Crippen LogP contribution in [-0.2, 0) is 4.79 Å². The first-order valence-corrected chi connectivity index (χ1v) is 11.3. The molecule has 0 spiro atoms. The zero-order valence-corrected chi connectivity index (χ0v) is 19.1. The van der Waals surface area contributed by atoms with Crippen molar-refractivity contribution in [1.82, 2.24) is 25.3 Å². The molecule has 0 atom stereocenters. The van der Waals surface area contributed by atoms with Gasteiger partial charge in [0.25, 0.3) is 5.91 Å². The highest BCUT2D eigenvalue weighted by atomic mass is 16.2. The second-order valence-corrected chi connectivity index (χ2v) is 8.72. The summed E-state index contributed by atoms with van der Waals surface area (Å²) in [4.78, 5) is 27.1. The molecule has 31 heavy (non-hydrogen) atoms. The van der Waals surface area contributed by atoms with Gasteiger partial charge in [0.1, 0.15) is 0 Å². The normalized spacial score (nSPS) is 15.3. The zero-order chi connectivity index (χ0) is 22.4. The lowest BCUT2D eigenvalue weighted by molar-refractivity contribution is -0.122. The minimum atomic E-state index is -0.0683. The van der Waals surface area contributed by atoms with Crippen molar-refractivity contribution in [2.75, 3.05) is 26.2 Å². The van der Waals surface area contributed by atoms with Gasteiger partial charge in [0.05, 0.1) is 29.7 Å². The lowest BCUT2D eigenvalue weighted by Crippen LogP contribution is -2.47. The van der Waals surface area contributed by atoms with Crippen LogP contribution in [0, 0.1) is 6.92 Å². The van der Waals surface area contributed by atoms with Crippen LogP contribution >= 0.6 is 0 Å². The zero-order valence-electron chi connectivity index (χ0n) is 19.1. The fraction of sp³-hybridized carbons (Fsp3) is 0.542. The van der Waals surface area contributed by atoms with Crippen molar-refractivity contribution in [3.63, 3.8) is 0 Å². The van der Waals surface area contributed by atoms with Gasteiger partial charge in [0.2, 0.25) is 5.91 Å². The Labute approximate surface area is 185 Å². The van der Waals surface area contributed by atoms with E-state index in [1.54, 1.807) is 6.20 Å². The van der Waals surface area contributed by atoms with Crippen LogP contribution in [-0.4, -0.2) is 58.7 Å². The molecule has 1 fully saturated rings. The van der Waals surface area contributed by atoms with Gasteiger partial charge in [-0.15, -0.1) is 0 Å². The minimum Gasteiger partial charge on any atom is -0.355 e. The summed E-state index contributed by atoms with van der Waals surface area (Å²) in [5, 5.41) is 10.6. The molecule has 1 aliphatic heterocycles. The average molecular weight is 426 g/mol. The monoisotopic (exact) mass is 425 g/mol. The molecule has 7 heteroatoms. The van der Waals surface area contributed by atoms with Crippen molar-refractivity contribution < 1.29 is 9.59 Å². The number of benzene rings is 1. The highest BCUT2D eigenvalue weighted by Gasteiger charge is 2.26. The number of hydrogen-bond donors (Lipinski definition) is 2. The van der Waals surface area contributed by atoms with Crippen LogP contribution in [0.25, 0.3) is 5.69 Å². The Morgan fingerprint density at radius 1 is 1.16 bits per heavy atom. The summed E-state index contributed by atoms with van der Waals surface area (Å²) in [6.45, 7) is 11.0. The average Bonchev–Trinajstić information content (AvgIpc) is 3.20. The van der Waals surface area contributed by atoms with E-state index in [0.29, 0.717) is 12.1 Å². The standard InChI is InChI=1S/C24H35N5O2/c1-5-12-25-22(30)16-28-13-10-19(11-14-28)27-24(31)21-15-26-29(23(21)17(2)3)20-8-6-18(4)7-9-20/h6-9,15,17,19H,5,10-14,16H2,1-4H3,(H,25,30)(H,27,31). The van der Waals surface area contributed by atoms with Gasteiger partial charge in [-0.25, -0.2) is 4.68 Å². The molecular formula is C24H35N5O2. The summed E-state index contributed by atoms with van der Waals surface area (Å²) in [7, 11) is 0. The molecule has 1 aromatic carbocycles. The third kappa shape index (κ3) is 5.94. The van der Waals surface area contributed by atoms with Gasteiger partial charge >= 0.3 is 0 Å². The van der Waals surface area contributed by atoms with Gasteiger partial charge in [-0.05, 0) is 44.2 Å². The number of nitrogens with one attached hydrogen (secondary N) is 2. The highest BCUT2D eigenvalue weighted by Crippen LogP contribution is 2.24. The molecule has 2 aromatic rings. The SMILES string of the molecule is CCCNC(=O)CN1CCC(NC(=O)c2cnn(-c3ccc(C)cc3)c2C(C)C)CC1. The lowest BCUT2D eigenvalue weighted by Gasteiger charge is -2.31. The van der Waals surface area contributed by atoms with Crippen molar-refractivity contribution in [2.24, 2.45) is 0 Å². The van der Waals surface area contributed by atoms with E-state index in [1.165, 1.54) is 5.56 Å². The summed E-state index contributed by atoms with van der Waals surface area (Å²) >= 11 is 0. The van der Waals surface area contributed by atoms with Crippen molar-refractivity contribution in [3.8, 4) is 5.69 Å². The smallest absolute Gasteiger partial charge is 0.255 e. The van der Waals surface area contributed by atoms with Crippen LogP contribution in [0.15, 0.2) is 30.5 Å². The molecule has 1 saturated heterocycles. The van der Waals surface area contributed by atoms with Gasteiger partial charge in [0, 0.05) is 25.7 Å². The van der Waals surface area contributed by atoms with E-state index in [2.05, 4.69) is 53.5 Å². The third-order valence-electron chi connectivity index (χ3n) is 5.74. The van der Waals surface area contributed by atoms with E-state index in [9.17, 15) is 9.59 Å². The molecule has 168 valence electrons. The minimum absolute atomic E-state index is 0.0683. The topological polar surface area (TPSA) is 79.3 Å². The molecule has 7 nitrogen and oxygen atoms in total. The molecule has 1 aliphatic rings. The molecule has 1 aromatic heterocycles. The number of aryl methyl sites for hydroxylation is 1. The second-order valence-electron chi connectivity index (χ2n) is 8.72. The predicted molar refractivity (Wildman–Crippen MR) is 123 cm³/mol. The molecule has 0 bridgehead atoms. The number of carbonyl (C=O) groups is 2. The van der Waals surface area contributed by atoms with E-state index < -0.39 is 0 Å². The molecule has 2 N–H and O–H groups in total. The number of nitrogens with zero attached hydrogens (tertiary/aromatic N) is 3. The van der Waals surface area contributed by atoms with Crippen LogP contribution in [0.3, 0.4) is 0 Å². The van der Waals surface area contributed by atoms with E-state index in [4.69, 9.17) is 0 Å². The summed E-state index contributed by atoms with van der Waals surface area (Å²) in [5.41, 5.74) is 3.71. The largest absolute Gasteiger partial charge is 0.355 e. The molecule has 0 radical (unpaired) electrons. The maximum atomic E-state index is 13.1. The van der Waals surface area contributed by atoms with Crippen molar-refractivity contribution >= 4 is 11.8 Å². The Morgan fingerprint density at radius 3 is 2.45 bits per heavy atom. The Bertz CT molecular complexity index is 880. The first-order chi connectivity index (χ1) is 14.9. The predicted octanol–water partition coefficient (Wildman–Crippen LogP) is 3.02. The lowest BCUT2D eigenvalue weighted by atomic mass is 10.0. The first kappa shape index (κ1) is 23.0. The van der Waals surface area contributed by atoms with Crippen LogP contribution in [0.2, 0.25) is 0 Å². The van der Waals surface area contributed by atoms with Crippen molar-refractivity contribution in [2.45, 2.75) is 58.9 Å². The third-order valence-corrected chi connectivity index (χ3v) is 5.74. The molecule has 0 aliphatic carbocycles. The molecule has 0 saturated carbocycles. The maximum absolute atomic E-state index is 13.1. The molecular weight excluding hydrogens is 390 g/mol. The quantitative estimate of drug-likeness (QED) is 0.681. The van der Waals surface area contributed by atoms with Gasteiger partial charge in [-0.2, -0.15) is 5.10 Å². The Kier molecular flexibility index (Phi) is 7.85. The number of amides is 2. The van der Waals surface area contributed by atoms with Gasteiger partial charge in [-0.1, -0.05) is 38.5 Å². The number of rotatable bonds is 8. The number of carbonyl (C=O) groups excluding carboxylic acids is 2. The van der Waals surface area contributed by atoms with E-state index >= 15 is 0 Å². The first-order valence-electron chi connectivity index (χ1n) is 11.3. The van der Waals surface area contributed by atoms with Crippen LogP contribution in [0.1, 0.15) is 67.6 Å². The van der Waals surface area contributed by atoms with Gasteiger partial charge < -0.3 is 10.6 Å². The summed E-state index contributed by atoms with van der Waals surface area (Å²) in [5.74, 6) is 0.170. The maximum Gasteiger partial charge on any atom is 0.255 e. The van der Waals surface area contributed by atoms with Crippen LogP contribution in [0.5, 0.6) is 0 Å². The summed E-state index contributed by atoms with van der Waals surface area (Å²) < 4.78 is 1.87. The summed E-state index contributed by atoms with van der Waals surface area (Å²) in [6.07, 6.45) is 4.31. The van der Waals surface area contributed by atoms with Crippen LogP contribution < -0.4 is 10.6 Å². The Hall–Kier alpha value is -2.67. The van der Waals surface area contributed by atoms with Gasteiger partial charge in [-0.3, -0.25) is 14.5 Å². The highest BCUT2D eigenvalue weighted by molar-refractivity contribution is 5.95. The van der Waals surface area contributed by atoms with Crippen molar-refractivity contribution in [3.05, 3.63) is 47.3 Å². The number of hydrogen-bond acceptors (Lipinski definition) is 4. The number of likely N-dealkylation sites (tertiary alicyclic amines) is 1. The molecule has 0 unspecified atom stereocenters. The Balaban J connectivity index is 1.61. The van der Waals surface area contributed by atoms with E-state index in [0.717, 1.165) is 50.3 Å². The van der Waals surface area contributed by atoms with Crippen LogP contribution in [0.4, 0.5) is 0 Å². The Morgan fingerprint density at radius 2 is 1.84 bits per heavy atom. The fourth-order valence-electron chi connectivity index (χ4n) is 4.00. The molecule has 3 rings (SSSR count). The van der Waals surface area contributed by atoms with E-state index in [1.807, 2.05) is 23.7 Å². The van der Waals surface area contributed by atoms with Gasteiger partial charge in [0.15, 0.2) is 0 Å². The fourth-order valence-corrected chi connectivity index (χ4v) is 4.00. The second kappa shape index (κ2) is 10.6. The van der Waals surface area contributed by atoms with E-state index in [-0.39, 0.29) is 23.8 Å². The number of piperidine rings is 1.